The van der Waals surface area contributed by atoms with E-state index in [0.717, 1.165) is 17.9 Å². The number of hydrogen-bond acceptors (Lipinski definition) is 5. The quantitative estimate of drug-likeness (QED) is 0.654. The molecule has 0 bridgehead atoms. The molecule has 3 rings (SSSR count). The lowest BCUT2D eigenvalue weighted by atomic mass is 9.97. The fraction of sp³-hybridized carbons (Fsp3) is 0.368. The Morgan fingerprint density at radius 3 is 2.30 bits per heavy atom. The van der Waals surface area contributed by atoms with E-state index in [1.807, 2.05) is 47.9 Å². The van der Waals surface area contributed by atoms with Crippen LogP contribution >= 0.6 is 0 Å². The predicted octanol–water partition coefficient (Wildman–Crippen LogP) is 2.97. The first-order chi connectivity index (χ1) is 13.9. The van der Waals surface area contributed by atoms with Crippen molar-refractivity contribution in [3.63, 3.8) is 0 Å². The summed E-state index contributed by atoms with van der Waals surface area (Å²) in [7, 11) is 1.93. The Bertz CT molecular complexity index is 980. The molecule has 0 unspecified atom stereocenters. The average molecular weight is 424 g/mol. The third kappa shape index (κ3) is 6.14. The van der Waals surface area contributed by atoms with Crippen LogP contribution in [0.15, 0.2) is 43.1 Å². The van der Waals surface area contributed by atoms with Gasteiger partial charge in [0.05, 0.1) is 17.6 Å². The summed E-state index contributed by atoms with van der Waals surface area (Å²) in [5.41, 5.74) is 4.23. The summed E-state index contributed by atoms with van der Waals surface area (Å²) in [6, 6.07) is 3.90. The van der Waals surface area contributed by atoms with Gasteiger partial charge in [-0.1, -0.05) is 0 Å². The first-order valence-electron chi connectivity index (χ1n) is 8.90. The van der Waals surface area contributed by atoms with E-state index in [9.17, 15) is 13.2 Å². The molecule has 0 spiro atoms. The van der Waals surface area contributed by atoms with Crippen molar-refractivity contribution in [2.45, 2.75) is 39.0 Å². The Morgan fingerprint density at radius 2 is 1.80 bits per heavy atom. The minimum Gasteiger partial charge on any atom is -0.475 e. The maximum atomic E-state index is 10.6. The molecular weight excluding hydrogens is 401 g/mol. The molecule has 0 saturated heterocycles. The standard InChI is InChI=1S/C17H22N6.C2HF3O2/c1-13-14(11-23(21-13)16-5-7-18-8-6-16)9-19-17(2,3)15-10-20-22(4)12-15;3-2(4,5)1(6)7/h5-8,10-12,19H,9H2,1-4H3;(H,6,7). The van der Waals surface area contributed by atoms with Gasteiger partial charge < -0.3 is 10.4 Å². The molecule has 0 saturated carbocycles. The second-order valence-electron chi connectivity index (χ2n) is 7.07. The number of halogens is 3. The number of carbonyl (C=O) groups is 1. The van der Waals surface area contributed by atoms with Crippen LogP contribution in [0.1, 0.15) is 30.7 Å². The molecule has 3 heterocycles. The van der Waals surface area contributed by atoms with Gasteiger partial charge in [0.25, 0.3) is 0 Å². The first-order valence-corrected chi connectivity index (χ1v) is 8.90. The molecule has 0 atom stereocenters. The van der Waals surface area contributed by atoms with Crippen LogP contribution in [0, 0.1) is 6.92 Å². The van der Waals surface area contributed by atoms with Crippen LogP contribution in [0.25, 0.3) is 5.69 Å². The molecule has 0 aliphatic heterocycles. The molecule has 0 radical (unpaired) electrons. The van der Waals surface area contributed by atoms with E-state index in [4.69, 9.17) is 9.90 Å². The number of aryl methyl sites for hydroxylation is 2. The minimum atomic E-state index is -5.08. The average Bonchev–Trinajstić information content (AvgIpc) is 3.27. The molecule has 8 nitrogen and oxygen atoms in total. The zero-order valence-corrected chi connectivity index (χ0v) is 17.0. The van der Waals surface area contributed by atoms with Crippen LogP contribution < -0.4 is 5.32 Å². The topological polar surface area (TPSA) is 97.9 Å². The van der Waals surface area contributed by atoms with Gasteiger partial charge in [0.15, 0.2) is 0 Å². The Morgan fingerprint density at radius 1 is 1.20 bits per heavy atom. The summed E-state index contributed by atoms with van der Waals surface area (Å²) in [5, 5.41) is 19.6. The van der Waals surface area contributed by atoms with E-state index in [1.54, 1.807) is 12.4 Å². The van der Waals surface area contributed by atoms with Gasteiger partial charge in [-0.2, -0.15) is 23.4 Å². The molecule has 162 valence electrons. The van der Waals surface area contributed by atoms with Crippen LogP contribution in [0.2, 0.25) is 0 Å². The number of carboxylic acid groups (broad SMARTS) is 1. The highest BCUT2D eigenvalue weighted by atomic mass is 19.4. The molecule has 3 aromatic heterocycles. The molecule has 11 heteroatoms. The lowest BCUT2D eigenvalue weighted by Gasteiger charge is -2.25. The molecule has 0 aliphatic rings. The van der Waals surface area contributed by atoms with Crippen LogP contribution in [0.3, 0.4) is 0 Å². The molecule has 2 N–H and O–H groups in total. The van der Waals surface area contributed by atoms with Crippen molar-refractivity contribution in [2.75, 3.05) is 0 Å². The van der Waals surface area contributed by atoms with Gasteiger partial charge >= 0.3 is 12.1 Å². The number of aromatic nitrogens is 5. The number of alkyl halides is 3. The number of rotatable bonds is 5. The zero-order valence-electron chi connectivity index (χ0n) is 17.0. The molecule has 0 aromatic carbocycles. The Kier molecular flexibility index (Phi) is 6.98. The van der Waals surface area contributed by atoms with Gasteiger partial charge in [0, 0.05) is 55.0 Å². The van der Waals surface area contributed by atoms with Crippen molar-refractivity contribution in [2.24, 2.45) is 7.05 Å². The second-order valence-corrected chi connectivity index (χ2v) is 7.07. The molecule has 0 amide bonds. The van der Waals surface area contributed by atoms with Crippen LogP contribution in [0.4, 0.5) is 13.2 Å². The summed E-state index contributed by atoms with van der Waals surface area (Å²) < 4.78 is 35.5. The van der Waals surface area contributed by atoms with Gasteiger partial charge in [0.2, 0.25) is 0 Å². The van der Waals surface area contributed by atoms with Crippen LogP contribution in [0.5, 0.6) is 0 Å². The lowest BCUT2D eigenvalue weighted by Crippen LogP contribution is -2.35. The Labute approximate surface area is 171 Å². The maximum absolute atomic E-state index is 10.6. The SMILES string of the molecule is Cc1nn(-c2ccncc2)cc1CNC(C)(C)c1cnn(C)c1.O=C(O)C(F)(F)F. The van der Waals surface area contributed by atoms with E-state index in [0.29, 0.717) is 0 Å². The summed E-state index contributed by atoms with van der Waals surface area (Å²) in [6.45, 7) is 7.10. The van der Waals surface area contributed by atoms with E-state index >= 15 is 0 Å². The van der Waals surface area contributed by atoms with Gasteiger partial charge in [-0.25, -0.2) is 9.48 Å². The highest BCUT2D eigenvalue weighted by molar-refractivity contribution is 5.73. The fourth-order valence-corrected chi connectivity index (χ4v) is 2.46. The molecule has 3 aromatic rings. The molecule has 30 heavy (non-hydrogen) atoms. The van der Waals surface area contributed by atoms with Crippen molar-refractivity contribution < 1.29 is 23.1 Å². The number of nitrogens with one attached hydrogen (secondary N) is 1. The molecule has 0 fully saturated rings. The van der Waals surface area contributed by atoms with Gasteiger partial charge in [0.1, 0.15) is 0 Å². The second kappa shape index (κ2) is 9.08. The summed E-state index contributed by atoms with van der Waals surface area (Å²) >= 11 is 0. The van der Waals surface area contributed by atoms with E-state index in [1.165, 1.54) is 11.1 Å². The van der Waals surface area contributed by atoms with Crippen LogP contribution in [-0.2, 0) is 23.9 Å². The third-order valence-corrected chi connectivity index (χ3v) is 4.32. The summed E-state index contributed by atoms with van der Waals surface area (Å²) in [5.74, 6) is -2.76. The zero-order chi connectivity index (χ0) is 22.5. The maximum Gasteiger partial charge on any atom is 0.490 e. The number of pyridine rings is 1. The highest BCUT2D eigenvalue weighted by Gasteiger charge is 2.38. The van der Waals surface area contributed by atoms with E-state index < -0.39 is 12.1 Å². The molecular formula is C19H23F3N6O2. The monoisotopic (exact) mass is 424 g/mol. The van der Waals surface area contributed by atoms with Gasteiger partial charge in [-0.05, 0) is 32.9 Å². The Hall–Kier alpha value is -3.21. The van der Waals surface area contributed by atoms with Crippen molar-refractivity contribution in [1.29, 1.82) is 0 Å². The number of aliphatic carboxylic acids is 1. The van der Waals surface area contributed by atoms with Crippen molar-refractivity contribution in [3.05, 3.63) is 59.9 Å². The van der Waals surface area contributed by atoms with Gasteiger partial charge in [-0.15, -0.1) is 0 Å². The fourth-order valence-electron chi connectivity index (χ4n) is 2.46. The van der Waals surface area contributed by atoms with Crippen molar-refractivity contribution >= 4 is 5.97 Å². The first kappa shape index (κ1) is 23.1. The summed E-state index contributed by atoms with van der Waals surface area (Å²) in [4.78, 5) is 12.9. The lowest BCUT2D eigenvalue weighted by molar-refractivity contribution is -0.192. The van der Waals surface area contributed by atoms with Crippen molar-refractivity contribution in [3.8, 4) is 5.69 Å². The predicted molar refractivity (Wildman–Crippen MR) is 103 cm³/mol. The normalized spacial score (nSPS) is 11.7. The number of carboxylic acids is 1. The van der Waals surface area contributed by atoms with Gasteiger partial charge in [-0.3, -0.25) is 9.67 Å². The van der Waals surface area contributed by atoms with Crippen molar-refractivity contribution in [1.82, 2.24) is 29.9 Å². The summed E-state index contributed by atoms with van der Waals surface area (Å²) in [6.07, 6.45) is 4.48. The highest BCUT2D eigenvalue weighted by Crippen LogP contribution is 2.20. The third-order valence-electron chi connectivity index (χ3n) is 4.32. The number of hydrogen-bond donors (Lipinski definition) is 2. The van der Waals surface area contributed by atoms with E-state index in [-0.39, 0.29) is 5.54 Å². The smallest absolute Gasteiger partial charge is 0.475 e. The largest absolute Gasteiger partial charge is 0.490 e. The molecule has 0 aliphatic carbocycles. The Balaban J connectivity index is 0.000000396. The van der Waals surface area contributed by atoms with Crippen LogP contribution in [-0.4, -0.2) is 41.8 Å². The number of nitrogens with zero attached hydrogens (tertiary/aromatic N) is 5. The van der Waals surface area contributed by atoms with E-state index in [2.05, 4.69) is 40.5 Å². The minimum absolute atomic E-state index is 0.153.